The van der Waals surface area contributed by atoms with Crippen molar-refractivity contribution in [1.82, 2.24) is 0 Å². The van der Waals surface area contributed by atoms with Crippen LogP contribution in [0, 0.1) is 13.8 Å². The number of nitrogens with one attached hydrogen (secondary N) is 1. The molecule has 2 rings (SSSR count). The maximum absolute atomic E-state index is 12.4. The van der Waals surface area contributed by atoms with Crippen LogP contribution in [0.4, 0.5) is 5.00 Å². The summed E-state index contributed by atoms with van der Waals surface area (Å²) in [5.41, 5.74) is 6.83. The quantitative estimate of drug-likeness (QED) is 0.896. The Morgan fingerprint density at radius 1 is 1.32 bits per heavy atom. The molecule has 2 aromatic rings. The lowest BCUT2D eigenvalue weighted by Crippen LogP contribution is -2.17. The van der Waals surface area contributed by atoms with Crippen LogP contribution in [-0.4, -0.2) is 18.9 Å². The highest BCUT2D eigenvalue weighted by Crippen LogP contribution is 2.33. The number of ether oxygens (including phenoxy) is 1. The Morgan fingerprint density at radius 3 is 2.59 bits per heavy atom. The van der Waals surface area contributed by atoms with Crippen molar-refractivity contribution < 1.29 is 14.3 Å². The molecule has 0 aliphatic carbocycles. The highest BCUT2D eigenvalue weighted by Gasteiger charge is 2.21. The van der Waals surface area contributed by atoms with Crippen LogP contribution in [0.1, 0.15) is 31.2 Å². The van der Waals surface area contributed by atoms with E-state index in [1.54, 1.807) is 25.1 Å². The van der Waals surface area contributed by atoms with Crippen molar-refractivity contribution in [1.29, 1.82) is 0 Å². The molecule has 116 valence electrons. The van der Waals surface area contributed by atoms with Gasteiger partial charge in [0.25, 0.3) is 11.8 Å². The van der Waals surface area contributed by atoms with E-state index in [0.29, 0.717) is 26.9 Å². The molecule has 7 heteroatoms. The first-order valence-electron chi connectivity index (χ1n) is 6.39. The number of carbonyl (C=O) groups excluding carboxylic acids is 2. The maximum atomic E-state index is 12.4. The van der Waals surface area contributed by atoms with E-state index in [1.165, 1.54) is 18.4 Å². The second kappa shape index (κ2) is 6.37. The highest BCUT2D eigenvalue weighted by atomic mass is 35.5. The molecule has 0 unspecified atom stereocenters. The van der Waals surface area contributed by atoms with E-state index in [4.69, 9.17) is 22.1 Å². The van der Waals surface area contributed by atoms with Gasteiger partial charge in [-0.15, -0.1) is 11.3 Å². The molecule has 0 bridgehead atoms. The molecule has 0 saturated carbocycles. The van der Waals surface area contributed by atoms with Crippen molar-refractivity contribution in [3.05, 3.63) is 44.8 Å². The van der Waals surface area contributed by atoms with E-state index in [0.717, 1.165) is 10.4 Å². The van der Waals surface area contributed by atoms with Crippen LogP contribution in [0.25, 0.3) is 0 Å². The van der Waals surface area contributed by atoms with Crippen molar-refractivity contribution in [2.75, 3.05) is 12.4 Å². The van der Waals surface area contributed by atoms with Gasteiger partial charge in [0.15, 0.2) is 0 Å². The van der Waals surface area contributed by atoms with Gasteiger partial charge in [0.2, 0.25) is 0 Å². The van der Waals surface area contributed by atoms with Crippen molar-refractivity contribution in [2.24, 2.45) is 5.73 Å². The number of primary amides is 1. The van der Waals surface area contributed by atoms with E-state index in [9.17, 15) is 9.59 Å². The van der Waals surface area contributed by atoms with E-state index in [2.05, 4.69) is 5.32 Å². The van der Waals surface area contributed by atoms with Gasteiger partial charge in [-0.1, -0.05) is 11.6 Å². The van der Waals surface area contributed by atoms with Gasteiger partial charge < -0.3 is 15.8 Å². The number of hydrogen-bond donors (Lipinski definition) is 2. The summed E-state index contributed by atoms with van der Waals surface area (Å²) in [6, 6.07) is 4.71. The molecule has 5 nitrogen and oxygen atoms in total. The molecular weight excluding hydrogens is 324 g/mol. The van der Waals surface area contributed by atoms with Crippen molar-refractivity contribution >= 4 is 39.8 Å². The Kier molecular flexibility index (Phi) is 4.73. The summed E-state index contributed by atoms with van der Waals surface area (Å²) >= 11 is 7.19. The first-order valence-corrected chi connectivity index (χ1v) is 7.59. The molecular formula is C15H15ClN2O3S. The number of nitrogens with two attached hydrogens (primary N) is 1. The van der Waals surface area contributed by atoms with Gasteiger partial charge in [0.05, 0.1) is 18.2 Å². The topological polar surface area (TPSA) is 81.4 Å². The number of amides is 2. The normalized spacial score (nSPS) is 10.4. The van der Waals surface area contributed by atoms with Gasteiger partial charge in [-0.25, -0.2) is 0 Å². The van der Waals surface area contributed by atoms with Gasteiger partial charge in [-0.2, -0.15) is 0 Å². The maximum Gasteiger partial charge on any atom is 0.260 e. The molecule has 3 N–H and O–H groups in total. The first kappa shape index (κ1) is 16.3. The Hall–Kier alpha value is -2.05. The summed E-state index contributed by atoms with van der Waals surface area (Å²) in [5, 5.41) is 3.62. The molecule has 0 spiro atoms. The van der Waals surface area contributed by atoms with E-state index in [1.807, 2.05) is 6.92 Å². The zero-order chi connectivity index (χ0) is 16.4. The number of thiophene rings is 1. The Labute approximate surface area is 137 Å². The van der Waals surface area contributed by atoms with Crippen LogP contribution in [0.5, 0.6) is 5.75 Å². The van der Waals surface area contributed by atoms with Crippen LogP contribution in [0.2, 0.25) is 5.02 Å². The minimum absolute atomic E-state index is 0.325. The third kappa shape index (κ3) is 3.08. The number of anilines is 1. The van der Waals surface area contributed by atoms with Crippen LogP contribution >= 0.6 is 22.9 Å². The van der Waals surface area contributed by atoms with Gasteiger partial charge in [-0.3, -0.25) is 9.59 Å². The summed E-state index contributed by atoms with van der Waals surface area (Å²) in [4.78, 5) is 24.9. The fourth-order valence-electron chi connectivity index (χ4n) is 2.03. The standard InChI is InChI=1S/C15H15ClN2O3S/c1-7-8(2)22-15(12(7)13(17)19)18-14(20)10-5-4-9(16)6-11(10)21-3/h4-6H,1-3H3,(H2,17,19)(H,18,20). The molecule has 2 amide bonds. The molecule has 0 saturated heterocycles. The molecule has 22 heavy (non-hydrogen) atoms. The SMILES string of the molecule is COc1cc(Cl)ccc1C(=O)Nc1sc(C)c(C)c1C(N)=O. The van der Waals surface area contributed by atoms with E-state index in [-0.39, 0.29) is 0 Å². The van der Waals surface area contributed by atoms with Crippen LogP contribution in [0.15, 0.2) is 18.2 Å². The summed E-state index contributed by atoms with van der Waals surface area (Å²) in [6.45, 7) is 3.66. The molecule has 0 radical (unpaired) electrons. The summed E-state index contributed by atoms with van der Waals surface area (Å²) in [7, 11) is 1.46. The molecule has 0 aliphatic rings. The smallest absolute Gasteiger partial charge is 0.260 e. The summed E-state index contributed by atoms with van der Waals surface area (Å²) in [5.74, 6) is -0.604. The first-order chi connectivity index (χ1) is 10.3. The Balaban J connectivity index is 2.38. The number of halogens is 1. The average molecular weight is 339 g/mol. The third-order valence-electron chi connectivity index (χ3n) is 3.27. The van der Waals surface area contributed by atoms with Gasteiger partial charge in [0, 0.05) is 9.90 Å². The average Bonchev–Trinajstić information content (AvgIpc) is 2.73. The molecule has 1 aromatic carbocycles. The van der Waals surface area contributed by atoms with Crippen molar-refractivity contribution in [3.8, 4) is 5.75 Å². The van der Waals surface area contributed by atoms with Crippen molar-refractivity contribution in [3.63, 3.8) is 0 Å². The number of rotatable bonds is 4. The Bertz CT molecular complexity index is 755. The second-order valence-corrected chi connectivity index (χ2v) is 6.31. The number of hydrogen-bond acceptors (Lipinski definition) is 4. The third-order valence-corrected chi connectivity index (χ3v) is 4.62. The lowest BCUT2D eigenvalue weighted by atomic mass is 10.1. The molecule has 0 aliphatic heterocycles. The highest BCUT2D eigenvalue weighted by molar-refractivity contribution is 7.16. The van der Waals surface area contributed by atoms with Crippen LogP contribution < -0.4 is 15.8 Å². The van der Waals surface area contributed by atoms with Gasteiger partial charge in [0.1, 0.15) is 10.8 Å². The number of methoxy groups -OCH3 is 1. The largest absolute Gasteiger partial charge is 0.496 e. The van der Waals surface area contributed by atoms with Gasteiger partial charge >= 0.3 is 0 Å². The number of aryl methyl sites for hydroxylation is 1. The monoisotopic (exact) mass is 338 g/mol. The molecule has 0 fully saturated rings. The zero-order valence-corrected chi connectivity index (χ0v) is 13.9. The van der Waals surface area contributed by atoms with Crippen LogP contribution in [0.3, 0.4) is 0 Å². The summed E-state index contributed by atoms with van der Waals surface area (Å²) in [6.07, 6.45) is 0. The summed E-state index contributed by atoms with van der Waals surface area (Å²) < 4.78 is 5.16. The zero-order valence-electron chi connectivity index (χ0n) is 12.3. The second-order valence-electron chi connectivity index (χ2n) is 4.65. The molecule has 1 heterocycles. The predicted molar refractivity (Wildman–Crippen MR) is 88.3 cm³/mol. The Morgan fingerprint density at radius 2 is 2.00 bits per heavy atom. The van der Waals surface area contributed by atoms with Crippen molar-refractivity contribution in [2.45, 2.75) is 13.8 Å². The number of carbonyl (C=O) groups is 2. The fourth-order valence-corrected chi connectivity index (χ4v) is 3.26. The lowest BCUT2D eigenvalue weighted by molar-refractivity contribution is 0.100. The minimum Gasteiger partial charge on any atom is -0.496 e. The molecule has 1 aromatic heterocycles. The van der Waals surface area contributed by atoms with E-state index >= 15 is 0 Å². The number of benzene rings is 1. The fraction of sp³-hybridized carbons (Fsp3) is 0.200. The van der Waals surface area contributed by atoms with Crippen LogP contribution in [-0.2, 0) is 0 Å². The predicted octanol–water partition coefficient (Wildman–Crippen LogP) is 3.38. The molecule has 0 atom stereocenters. The lowest BCUT2D eigenvalue weighted by Gasteiger charge is -2.09. The minimum atomic E-state index is -0.569. The van der Waals surface area contributed by atoms with Gasteiger partial charge in [-0.05, 0) is 37.6 Å². The van der Waals surface area contributed by atoms with E-state index < -0.39 is 11.8 Å².